The number of hydrogen-bond donors (Lipinski definition) is 3. The van der Waals surface area contributed by atoms with E-state index in [1.165, 1.54) is 24.1 Å². The van der Waals surface area contributed by atoms with Crippen LogP contribution in [-0.2, 0) is 12.8 Å². The smallest absolute Gasteiger partial charge is 0.294 e. The van der Waals surface area contributed by atoms with Crippen molar-refractivity contribution in [3.05, 3.63) is 39.6 Å². The van der Waals surface area contributed by atoms with Gasteiger partial charge >= 0.3 is 0 Å². The lowest BCUT2D eigenvalue weighted by Crippen LogP contribution is -2.45. The molecular weight excluding hydrogens is 429 g/mol. The van der Waals surface area contributed by atoms with Gasteiger partial charge in [-0.05, 0) is 51.3 Å². The monoisotopic (exact) mass is 455 g/mol. The van der Waals surface area contributed by atoms with Crippen LogP contribution in [0.3, 0.4) is 0 Å². The topological polar surface area (TPSA) is 122 Å². The number of aromatic nitrogens is 2. The molecule has 2 aliphatic rings. The largest absolute Gasteiger partial charge is 0.393 e. The van der Waals surface area contributed by atoms with Gasteiger partial charge in [0, 0.05) is 36.4 Å². The fraction of sp³-hybridized carbons (Fsp3) is 0.474. The quantitative estimate of drug-likeness (QED) is 0.356. The van der Waals surface area contributed by atoms with Gasteiger partial charge in [-0.1, -0.05) is 0 Å². The molecular formula is C19H27Cl2N7O2. The molecule has 0 amide bonds. The molecule has 1 aliphatic carbocycles. The molecule has 1 aliphatic heterocycles. The highest BCUT2D eigenvalue weighted by atomic mass is 35.5. The number of piperidine rings is 1. The molecule has 0 bridgehead atoms. The highest BCUT2D eigenvalue weighted by Crippen LogP contribution is 2.33. The number of aryl methyl sites for hydroxylation is 1. The van der Waals surface area contributed by atoms with Crippen molar-refractivity contribution in [3.8, 4) is 0 Å². The Kier molecular flexibility index (Phi) is 8.05. The summed E-state index contributed by atoms with van der Waals surface area (Å²) in [7, 11) is 2.00. The molecule has 1 atom stereocenters. The second kappa shape index (κ2) is 10.1. The van der Waals surface area contributed by atoms with E-state index in [-0.39, 0.29) is 36.2 Å². The molecule has 1 saturated heterocycles. The summed E-state index contributed by atoms with van der Waals surface area (Å²) < 4.78 is 0. The van der Waals surface area contributed by atoms with Crippen molar-refractivity contribution in [1.29, 1.82) is 0 Å². The number of nitrogens with two attached hydrogens (primary N) is 1. The van der Waals surface area contributed by atoms with Crippen molar-refractivity contribution < 1.29 is 4.92 Å². The average molecular weight is 456 g/mol. The third-order valence-corrected chi connectivity index (χ3v) is 5.52. The minimum absolute atomic E-state index is 0. The Morgan fingerprint density at radius 1 is 1.23 bits per heavy atom. The molecule has 2 aromatic rings. The lowest BCUT2D eigenvalue weighted by atomic mass is 10.1. The summed E-state index contributed by atoms with van der Waals surface area (Å²) in [6, 6.07) is 5.11. The fourth-order valence-corrected chi connectivity index (χ4v) is 4.04. The van der Waals surface area contributed by atoms with Crippen LogP contribution < -0.4 is 21.3 Å². The zero-order valence-corrected chi connectivity index (χ0v) is 18.4. The van der Waals surface area contributed by atoms with Crippen molar-refractivity contribution in [1.82, 2.24) is 15.3 Å². The molecule has 1 aromatic carbocycles. The number of nitrogens with zero attached hydrogens (tertiary/aromatic N) is 4. The standard InChI is InChI=1S/C19H25N7O2.2ClH/c1-21-13-4-3-9-25(11-13)18-14-5-2-6-16(14)23-19(24-18)22-12-7-8-15(20)17(10-12)26(27)28;;/h7-8,10,13,21H,2-6,9,11,20H2,1H3,(H,22,23,24);2*1H. The summed E-state index contributed by atoms with van der Waals surface area (Å²) in [5.41, 5.74) is 8.57. The van der Waals surface area contributed by atoms with Crippen LogP contribution in [0.25, 0.3) is 0 Å². The van der Waals surface area contributed by atoms with Crippen LogP contribution >= 0.6 is 24.8 Å². The van der Waals surface area contributed by atoms with Crippen LogP contribution in [0.5, 0.6) is 0 Å². The number of halogens is 2. The molecule has 4 rings (SSSR count). The number of anilines is 4. The van der Waals surface area contributed by atoms with Crippen LogP contribution in [0.15, 0.2) is 18.2 Å². The number of nitro benzene ring substituents is 1. The third-order valence-electron chi connectivity index (χ3n) is 5.52. The Hall–Kier alpha value is -2.36. The lowest BCUT2D eigenvalue weighted by molar-refractivity contribution is -0.383. The van der Waals surface area contributed by atoms with Gasteiger partial charge in [0.1, 0.15) is 11.5 Å². The van der Waals surface area contributed by atoms with Crippen LogP contribution in [0.1, 0.15) is 30.5 Å². The molecule has 0 spiro atoms. The SMILES string of the molecule is CNC1CCCN(c2nc(Nc3ccc(N)c([N+](=O)[O-])c3)nc3c2CCC3)C1.Cl.Cl. The van der Waals surface area contributed by atoms with E-state index < -0.39 is 4.92 Å². The van der Waals surface area contributed by atoms with Crippen LogP contribution in [0, 0.1) is 10.1 Å². The predicted molar refractivity (Wildman–Crippen MR) is 124 cm³/mol. The van der Waals surface area contributed by atoms with Gasteiger partial charge in [-0.2, -0.15) is 4.98 Å². The Labute approximate surface area is 187 Å². The second-order valence-electron chi connectivity index (χ2n) is 7.38. The highest BCUT2D eigenvalue weighted by molar-refractivity contribution is 5.85. The molecule has 4 N–H and O–H groups in total. The highest BCUT2D eigenvalue weighted by Gasteiger charge is 2.26. The summed E-state index contributed by atoms with van der Waals surface area (Å²) >= 11 is 0. The van der Waals surface area contributed by atoms with E-state index in [1.54, 1.807) is 6.07 Å². The van der Waals surface area contributed by atoms with Gasteiger partial charge in [-0.25, -0.2) is 4.98 Å². The summed E-state index contributed by atoms with van der Waals surface area (Å²) in [5.74, 6) is 1.47. The maximum Gasteiger partial charge on any atom is 0.294 e. The first-order valence-corrected chi connectivity index (χ1v) is 9.68. The first-order valence-electron chi connectivity index (χ1n) is 9.68. The summed E-state index contributed by atoms with van der Waals surface area (Å²) in [6.45, 7) is 1.90. The number of rotatable bonds is 5. The molecule has 164 valence electrons. The van der Waals surface area contributed by atoms with Gasteiger partial charge in [-0.15, -0.1) is 24.8 Å². The maximum atomic E-state index is 11.2. The number of fused-ring (bicyclic) bond motifs is 1. The van der Waals surface area contributed by atoms with E-state index in [1.807, 2.05) is 7.05 Å². The Balaban J connectivity index is 0.00000160. The molecule has 0 radical (unpaired) electrons. The molecule has 1 aromatic heterocycles. The summed E-state index contributed by atoms with van der Waals surface area (Å²) in [5, 5.41) is 17.7. The zero-order chi connectivity index (χ0) is 19.7. The molecule has 11 heteroatoms. The third kappa shape index (κ3) is 4.85. The van der Waals surface area contributed by atoms with Crippen molar-refractivity contribution >= 4 is 53.6 Å². The van der Waals surface area contributed by atoms with Gasteiger partial charge in [0.05, 0.1) is 10.6 Å². The molecule has 1 fully saturated rings. The minimum atomic E-state index is -0.485. The number of benzene rings is 1. The number of nitrogen functional groups attached to an aromatic ring is 1. The van der Waals surface area contributed by atoms with Gasteiger partial charge in [-0.3, -0.25) is 10.1 Å². The number of hydrogen-bond acceptors (Lipinski definition) is 8. The predicted octanol–water partition coefficient (Wildman–Crippen LogP) is 3.23. The van der Waals surface area contributed by atoms with Gasteiger partial charge in [0.15, 0.2) is 0 Å². The molecule has 30 heavy (non-hydrogen) atoms. The van der Waals surface area contributed by atoms with E-state index in [0.29, 0.717) is 17.7 Å². The van der Waals surface area contributed by atoms with Gasteiger partial charge < -0.3 is 21.3 Å². The van der Waals surface area contributed by atoms with Crippen molar-refractivity contribution in [3.63, 3.8) is 0 Å². The lowest BCUT2D eigenvalue weighted by Gasteiger charge is -2.34. The van der Waals surface area contributed by atoms with Gasteiger partial charge in [0.25, 0.3) is 5.69 Å². The van der Waals surface area contributed by atoms with E-state index in [2.05, 4.69) is 20.5 Å². The average Bonchev–Trinajstić information content (AvgIpc) is 3.17. The maximum absolute atomic E-state index is 11.2. The number of nitrogens with one attached hydrogen (secondary N) is 2. The van der Waals surface area contributed by atoms with Crippen molar-refractivity contribution in [2.75, 3.05) is 36.1 Å². The first-order chi connectivity index (χ1) is 13.5. The van der Waals surface area contributed by atoms with E-state index in [4.69, 9.17) is 10.7 Å². The van der Waals surface area contributed by atoms with Crippen molar-refractivity contribution in [2.24, 2.45) is 0 Å². The van der Waals surface area contributed by atoms with E-state index >= 15 is 0 Å². The Morgan fingerprint density at radius 3 is 2.77 bits per heavy atom. The minimum Gasteiger partial charge on any atom is -0.393 e. The van der Waals surface area contributed by atoms with Crippen LogP contribution in [0.4, 0.5) is 28.8 Å². The number of nitro groups is 1. The van der Waals surface area contributed by atoms with Crippen LogP contribution in [0.2, 0.25) is 0 Å². The van der Waals surface area contributed by atoms with Crippen molar-refractivity contribution in [2.45, 2.75) is 38.1 Å². The Morgan fingerprint density at radius 2 is 2.03 bits per heavy atom. The molecule has 1 unspecified atom stereocenters. The molecule has 2 heterocycles. The first kappa shape index (κ1) is 23.9. The molecule has 9 nitrogen and oxygen atoms in total. The molecule has 0 saturated carbocycles. The summed E-state index contributed by atoms with van der Waals surface area (Å²) in [4.78, 5) is 22.5. The van der Waals surface area contributed by atoms with E-state index in [0.717, 1.165) is 50.3 Å². The van der Waals surface area contributed by atoms with Crippen LogP contribution in [-0.4, -0.2) is 41.1 Å². The normalized spacial score (nSPS) is 17.5. The number of likely N-dealkylation sites (N-methyl/N-ethyl adjacent to an activating group) is 1. The van der Waals surface area contributed by atoms with Gasteiger partial charge in [0.2, 0.25) is 5.95 Å². The van der Waals surface area contributed by atoms with E-state index in [9.17, 15) is 10.1 Å². The Bertz CT molecular complexity index is 913. The fourth-order valence-electron chi connectivity index (χ4n) is 4.04. The summed E-state index contributed by atoms with van der Waals surface area (Å²) in [6.07, 6.45) is 5.30. The second-order valence-corrected chi connectivity index (χ2v) is 7.38. The zero-order valence-electron chi connectivity index (χ0n) is 16.8.